The molecular weight excluding hydrogens is 399 g/mol. The van der Waals surface area contributed by atoms with Gasteiger partial charge in [-0.15, -0.1) is 11.3 Å². The third-order valence-corrected chi connectivity index (χ3v) is 5.66. The summed E-state index contributed by atoms with van der Waals surface area (Å²) < 4.78 is 0. The van der Waals surface area contributed by atoms with E-state index in [4.69, 9.17) is 23.2 Å². The molecule has 27 heavy (non-hydrogen) atoms. The standard InChI is InChI=1S/C20H14Cl2N4S/c1-12-24-19(26-23-11-15-16(21)8-5-9-17(15)22)14-10-18(27-20(14)25-12)13-6-3-2-4-7-13/h2-11H,1H3,(H,24,25,26)/b23-11-. The lowest BCUT2D eigenvalue weighted by molar-refractivity contribution is 1.09. The van der Waals surface area contributed by atoms with E-state index in [2.05, 4.69) is 38.7 Å². The Morgan fingerprint density at radius 1 is 1.00 bits per heavy atom. The van der Waals surface area contributed by atoms with E-state index in [0.717, 1.165) is 20.7 Å². The summed E-state index contributed by atoms with van der Waals surface area (Å²) in [6.07, 6.45) is 1.60. The molecule has 0 amide bonds. The topological polar surface area (TPSA) is 50.2 Å². The van der Waals surface area contributed by atoms with Gasteiger partial charge in [-0.1, -0.05) is 59.6 Å². The summed E-state index contributed by atoms with van der Waals surface area (Å²) >= 11 is 14.0. The zero-order valence-corrected chi connectivity index (χ0v) is 16.6. The number of nitrogens with one attached hydrogen (secondary N) is 1. The number of hydrazone groups is 1. The fourth-order valence-corrected chi connectivity index (χ4v) is 4.23. The molecule has 4 aromatic rings. The average Bonchev–Trinajstić information content (AvgIpc) is 3.09. The van der Waals surface area contributed by atoms with Gasteiger partial charge in [0.15, 0.2) is 5.82 Å². The number of benzene rings is 2. The van der Waals surface area contributed by atoms with Crippen molar-refractivity contribution in [2.75, 3.05) is 5.43 Å². The first-order valence-corrected chi connectivity index (χ1v) is 9.76. The summed E-state index contributed by atoms with van der Waals surface area (Å²) in [7, 11) is 0. The number of hydrogen-bond donors (Lipinski definition) is 1. The minimum Gasteiger partial charge on any atom is -0.261 e. The van der Waals surface area contributed by atoms with E-state index in [-0.39, 0.29) is 0 Å². The first-order valence-electron chi connectivity index (χ1n) is 8.18. The van der Waals surface area contributed by atoms with Gasteiger partial charge in [0.05, 0.1) is 21.6 Å². The van der Waals surface area contributed by atoms with E-state index >= 15 is 0 Å². The fraction of sp³-hybridized carbons (Fsp3) is 0.0500. The van der Waals surface area contributed by atoms with Crippen LogP contribution >= 0.6 is 34.5 Å². The number of nitrogens with zero attached hydrogens (tertiary/aromatic N) is 3. The minimum atomic E-state index is 0.541. The van der Waals surface area contributed by atoms with Gasteiger partial charge in [-0.25, -0.2) is 9.97 Å². The number of thiophene rings is 1. The lowest BCUT2D eigenvalue weighted by Gasteiger charge is -2.03. The lowest BCUT2D eigenvalue weighted by Crippen LogP contribution is -1.98. The molecule has 0 aliphatic carbocycles. The van der Waals surface area contributed by atoms with Gasteiger partial charge in [0.2, 0.25) is 0 Å². The molecule has 0 saturated carbocycles. The Hall–Kier alpha value is -2.47. The lowest BCUT2D eigenvalue weighted by atomic mass is 10.2. The normalized spacial score (nSPS) is 11.4. The maximum Gasteiger partial charge on any atom is 0.158 e. The van der Waals surface area contributed by atoms with Crippen LogP contribution in [0.2, 0.25) is 10.0 Å². The maximum atomic E-state index is 6.18. The van der Waals surface area contributed by atoms with E-state index in [1.807, 2.05) is 25.1 Å². The highest BCUT2D eigenvalue weighted by atomic mass is 35.5. The van der Waals surface area contributed by atoms with Crippen molar-refractivity contribution in [3.05, 3.63) is 76.0 Å². The van der Waals surface area contributed by atoms with Crippen molar-refractivity contribution < 1.29 is 0 Å². The van der Waals surface area contributed by atoms with Gasteiger partial charge in [-0.3, -0.25) is 5.43 Å². The molecule has 4 nitrogen and oxygen atoms in total. The Morgan fingerprint density at radius 3 is 2.48 bits per heavy atom. The SMILES string of the molecule is Cc1nc(N/N=C\c2c(Cl)cccc2Cl)c2cc(-c3ccccc3)sc2n1. The number of aromatic nitrogens is 2. The third kappa shape index (κ3) is 3.81. The van der Waals surface area contributed by atoms with Gasteiger partial charge < -0.3 is 0 Å². The Labute approximate surface area is 170 Å². The van der Waals surface area contributed by atoms with Crippen LogP contribution in [0.1, 0.15) is 11.4 Å². The summed E-state index contributed by atoms with van der Waals surface area (Å²) in [5.74, 6) is 1.33. The molecule has 0 saturated heterocycles. The van der Waals surface area contributed by atoms with E-state index in [9.17, 15) is 0 Å². The highest BCUT2D eigenvalue weighted by Crippen LogP contribution is 2.35. The van der Waals surface area contributed by atoms with Gasteiger partial charge in [-0.05, 0) is 30.7 Å². The van der Waals surface area contributed by atoms with Crippen molar-refractivity contribution >= 4 is 56.8 Å². The first kappa shape index (κ1) is 17.9. The van der Waals surface area contributed by atoms with Gasteiger partial charge in [0.25, 0.3) is 0 Å². The second-order valence-electron chi connectivity index (χ2n) is 5.82. The van der Waals surface area contributed by atoms with Crippen LogP contribution in [0.15, 0.2) is 59.7 Å². The molecule has 0 aliphatic rings. The van der Waals surface area contributed by atoms with Crippen LogP contribution in [0.3, 0.4) is 0 Å². The number of halogens is 2. The Balaban J connectivity index is 1.69. The van der Waals surface area contributed by atoms with Crippen LogP contribution < -0.4 is 5.43 Å². The van der Waals surface area contributed by atoms with Crippen molar-refractivity contribution in [1.82, 2.24) is 9.97 Å². The zero-order valence-electron chi connectivity index (χ0n) is 14.3. The monoisotopic (exact) mass is 412 g/mol. The van der Waals surface area contributed by atoms with Gasteiger partial charge >= 0.3 is 0 Å². The summed E-state index contributed by atoms with van der Waals surface area (Å²) in [5.41, 5.74) is 4.81. The van der Waals surface area contributed by atoms with Crippen LogP contribution in [-0.4, -0.2) is 16.2 Å². The van der Waals surface area contributed by atoms with E-state index in [1.54, 1.807) is 35.8 Å². The van der Waals surface area contributed by atoms with E-state index in [1.165, 1.54) is 0 Å². The van der Waals surface area contributed by atoms with E-state index < -0.39 is 0 Å². The second kappa shape index (κ2) is 7.64. The molecular formula is C20H14Cl2N4S. The zero-order chi connectivity index (χ0) is 18.8. The highest BCUT2D eigenvalue weighted by Gasteiger charge is 2.11. The molecule has 0 fully saturated rings. The number of aryl methyl sites for hydroxylation is 1. The summed E-state index contributed by atoms with van der Waals surface area (Å²) in [5, 5.41) is 6.28. The maximum absolute atomic E-state index is 6.18. The molecule has 0 radical (unpaired) electrons. The summed E-state index contributed by atoms with van der Waals surface area (Å²) in [6.45, 7) is 1.86. The van der Waals surface area contributed by atoms with E-state index in [0.29, 0.717) is 27.3 Å². The number of fused-ring (bicyclic) bond motifs is 1. The Morgan fingerprint density at radius 2 is 1.74 bits per heavy atom. The number of anilines is 1. The van der Waals surface area contributed by atoms with Crippen molar-refractivity contribution in [3.8, 4) is 10.4 Å². The molecule has 2 aromatic heterocycles. The highest BCUT2D eigenvalue weighted by molar-refractivity contribution is 7.21. The molecule has 2 aromatic carbocycles. The molecule has 7 heteroatoms. The van der Waals surface area contributed by atoms with Gasteiger partial charge in [0.1, 0.15) is 10.7 Å². The molecule has 2 heterocycles. The Bertz CT molecular complexity index is 1120. The first-order chi connectivity index (χ1) is 13.1. The molecule has 0 aliphatic heterocycles. The predicted octanol–water partition coefficient (Wildman–Crippen LogP) is 6.42. The average molecular weight is 413 g/mol. The molecule has 4 rings (SSSR count). The summed E-state index contributed by atoms with van der Waals surface area (Å²) in [6, 6.07) is 17.6. The smallest absolute Gasteiger partial charge is 0.158 e. The van der Waals surface area contributed by atoms with Crippen molar-refractivity contribution in [1.29, 1.82) is 0 Å². The quantitative estimate of drug-likeness (QED) is 0.310. The van der Waals surface area contributed by atoms with Crippen molar-refractivity contribution in [2.24, 2.45) is 5.10 Å². The van der Waals surface area contributed by atoms with Gasteiger partial charge in [-0.2, -0.15) is 5.10 Å². The van der Waals surface area contributed by atoms with Crippen LogP contribution in [0.25, 0.3) is 20.7 Å². The summed E-state index contributed by atoms with van der Waals surface area (Å²) in [4.78, 5) is 11.1. The molecule has 134 valence electrons. The van der Waals surface area contributed by atoms with Crippen LogP contribution in [-0.2, 0) is 0 Å². The third-order valence-electron chi connectivity index (χ3n) is 3.93. The molecule has 0 atom stereocenters. The second-order valence-corrected chi connectivity index (χ2v) is 7.67. The molecule has 1 N–H and O–H groups in total. The molecule has 0 unspecified atom stereocenters. The van der Waals surface area contributed by atoms with Crippen LogP contribution in [0.5, 0.6) is 0 Å². The van der Waals surface area contributed by atoms with Crippen LogP contribution in [0, 0.1) is 6.92 Å². The molecule has 0 bridgehead atoms. The minimum absolute atomic E-state index is 0.541. The van der Waals surface area contributed by atoms with Crippen LogP contribution in [0.4, 0.5) is 5.82 Å². The van der Waals surface area contributed by atoms with Crippen molar-refractivity contribution in [3.63, 3.8) is 0 Å². The largest absolute Gasteiger partial charge is 0.261 e. The van der Waals surface area contributed by atoms with Crippen molar-refractivity contribution in [2.45, 2.75) is 6.92 Å². The Kier molecular flexibility index (Phi) is 5.07. The van der Waals surface area contributed by atoms with Gasteiger partial charge in [0, 0.05) is 10.4 Å². The predicted molar refractivity (Wildman–Crippen MR) is 115 cm³/mol. The fourth-order valence-electron chi connectivity index (χ4n) is 2.65. The number of rotatable bonds is 4. The molecule has 0 spiro atoms. The number of hydrogen-bond acceptors (Lipinski definition) is 5.